The SMILES string of the molecule is NC(=O)COc1ccccc1/C=C1/SC(=O)N(CC(=O)Nc2ccc(Br)c(Cl)c2)C1=O. The van der Waals surface area contributed by atoms with E-state index in [1.54, 1.807) is 42.5 Å². The Bertz CT molecular complexity index is 1110. The van der Waals surface area contributed by atoms with Gasteiger partial charge in [0.1, 0.15) is 12.3 Å². The van der Waals surface area contributed by atoms with Crippen LogP contribution in [0.1, 0.15) is 5.56 Å². The van der Waals surface area contributed by atoms with Crippen molar-refractivity contribution in [3.63, 3.8) is 0 Å². The van der Waals surface area contributed by atoms with Gasteiger partial charge in [-0.25, -0.2) is 0 Å². The molecular formula is C20H15BrClN3O5S. The molecule has 11 heteroatoms. The van der Waals surface area contributed by atoms with Gasteiger partial charge in [-0.2, -0.15) is 0 Å². The summed E-state index contributed by atoms with van der Waals surface area (Å²) < 4.78 is 6.00. The van der Waals surface area contributed by atoms with E-state index in [0.717, 1.165) is 4.90 Å². The zero-order valence-electron chi connectivity index (χ0n) is 15.8. The Balaban J connectivity index is 1.71. The fourth-order valence-electron chi connectivity index (χ4n) is 2.58. The van der Waals surface area contributed by atoms with E-state index in [-0.39, 0.29) is 11.5 Å². The van der Waals surface area contributed by atoms with Crippen LogP contribution in [-0.4, -0.2) is 41.0 Å². The number of thioether (sulfide) groups is 1. The lowest BCUT2D eigenvalue weighted by Crippen LogP contribution is -2.36. The molecule has 1 aliphatic rings. The highest BCUT2D eigenvalue weighted by Crippen LogP contribution is 2.34. The summed E-state index contributed by atoms with van der Waals surface area (Å²) in [6.45, 7) is -0.776. The first kappa shape index (κ1) is 22.9. The summed E-state index contributed by atoms with van der Waals surface area (Å²) in [6.07, 6.45) is 1.47. The van der Waals surface area contributed by atoms with Crippen molar-refractivity contribution >= 4 is 74.0 Å². The smallest absolute Gasteiger partial charge is 0.294 e. The topological polar surface area (TPSA) is 119 Å². The number of para-hydroxylation sites is 1. The number of nitrogens with one attached hydrogen (secondary N) is 1. The molecule has 1 saturated heterocycles. The molecule has 0 aliphatic carbocycles. The number of ether oxygens (including phenoxy) is 1. The van der Waals surface area contributed by atoms with Crippen LogP contribution in [0.3, 0.4) is 0 Å². The maximum Gasteiger partial charge on any atom is 0.294 e. The number of nitrogens with two attached hydrogens (primary N) is 1. The summed E-state index contributed by atoms with van der Waals surface area (Å²) in [5.41, 5.74) is 6.01. The van der Waals surface area contributed by atoms with Crippen molar-refractivity contribution in [2.24, 2.45) is 5.73 Å². The minimum atomic E-state index is -0.645. The molecule has 4 amide bonds. The number of hydrogen-bond donors (Lipinski definition) is 2. The van der Waals surface area contributed by atoms with Crippen LogP contribution >= 0.6 is 39.3 Å². The van der Waals surface area contributed by atoms with Gasteiger partial charge in [0.15, 0.2) is 6.61 Å². The molecule has 3 N–H and O–H groups in total. The zero-order chi connectivity index (χ0) is 22.5. The number of halogens is 2. The Morgan fingerprint density at radius 3 is 2.68 bits per heavy atom. The van der Waals surface area contributed by atoms with Crippen molar-refractivity contribution in [2.75, 3.05) is 18.5 Å². The van der Waals surface area contributed by atoms with Crippen LogP contribution in [0.25, 0.3) is 6.08 Å². The third-order valence-corrected chi connectivity index (χ3v) is 6.09. The standard InChI is InChI=1S/C20H15BrClN3O5S/c21-13-6-5-12(8-14(13)22)24-18(27)9-25-19(28)16(31-20(25)29)7-11-3-1-2-4-15(11)30-10-17(23)26/h1-8H,9-10H2,(H2,23,26)(H,24,27)/b16-7+. The molecule has 0 saturated carbocycles. The minimum absolute atomic E-state index is 0.125. The molecule has 2 aromatic rings. The number of primary amides is 1. The third-order valence-electron chi connectivity index (χ3n) is 3.95. The predicted molar refractivity (Wildman–Crippen MR) is 122 cm³/mol. The molecule has 1 heterocycles. The molecule has 0 bridgehead atoms. The lowest BCUT2D eigenvalue weighted by molar-refractivity contribution is -0.127. The van der Waals surface area contributed by atoms with Gasteiger partial charge in [0.05, 0.1) is 9.93 Å². The fraction of sp³-hybridized carbons (Fsp3) is 0.100. The first-order valence-electron chi connectivity index (χ1n) is 8.75. The highest BCUT2D eigenvalue weighted by Gasteiger charge is 2.36. The molecule has 160 valence electrons. The van der Waals surface area contributed by atoms with Crippen LogP contribution in [0.5, 0.6) is 5.75 Å². The molecule has 1 fully saturated rings. The summed E-state index contributed by atoms with van der Waals surface area (Å²) in [5, 5.41) is 2.43. The average molecular weight is 525 g/mol. The van der Waals surface area contributed by atoms with Gasteiger partial charge < -0.3 is 15.8 Å². The number of rotatable bonds is 7. The molecule has 0 atom stereocenters. The molecule has 3 rings (SSSR count). The van der Waals surface area contributed by atoms with Gasteiger partial charge in [-0.1, -0.05) is 29.8 Å². The summed E-state index contributed by atoms with van der Waals surface area (Å²) in [5.74, 6) is -1.47. The van der Waals surface area contributed by atoms with E-state index in [0.29, 0.717) is 38.3 Å². The Morgan fingerprint density at radius 2 is 1.97 bits per heavy atom. The molecule has 0 unspecified atom stereocenters. The van der Waals surface area contributed by atoms with Gasteiger partial charge in [-0.05, 0) is 58.0 Å². The van der Waals surface area contributed by atoms with Crippen LogP contribution in [0, 0.1) is 0 Å². The first-order valence-corrected chi connectivity index (χ1v) is 10.7. The van der Waals surface area contributed by atoms with Gasteiger partial charge in [-0.3, -0.25) is 24.1 Å². The second-order valence-electron chi connectivity index (χ2n) is 6.24. The van der Waals surface area contributed by atoms with E-state index in [1.165, 1.54) is 6.08 Å². The van der Waals surface area contributed by atoms with E-state index in [4.69, 9.17) is 22.1 Å². The van der Waals surface area contributed by atoms with E-state index >= 15 is 0 Å². The molecule has 0 radical (unpaired) electrons. The van der Waals surface area contributed by atoms with Crippen molar-refractivity contribution < 1.29 is 23.9 Å². The molecule has 31 heavy (non-hydrogen) atoms. The van der Waals surface area contributed by atoms with E-state index < -0.39 is 29.5 Å². The number of nitrogens with zero attached hydrogens (tertiary/aromatic N) is 1. The van der Waals surface area contributed by atoms with Crippen molar-refractivity contribution in [1.29, 1.82) is 0 Å². The molecule has 0 aromatic heterocycles. The first-order chi connectivity index (χ1) is 14.7. The highest BCUT2D eigenvalue weighted by atomic mass is 79.9. The van der Waals surface area contributed by atoms with E-state index in [1.807, 2.05) is 0 Å². The van der Waals surface area contributed by atoms with Crippen molar-refractivity contribution in [3.05, 3.63) is 62.4 Å². The Hall–Kier alpha value is -2.82. The molecule has 1 aliphatic heterocycles. The maximum atomic E-state index is 12.7. The van der Waals surface area contributed by atoms with Gasteiger partial charge >= 0.3 is 0 Å². The number of carbonyl (C=O) groups excluding carboxylic acids is 4. The lowest BCUT2D eigenvalue weighted by atomic mass is 10.2. The van der Waals surface area contributed by atoms with E-state index in [2.05, 4.69) is 21.2 Å². The maximum absolute atomic E-state index is 12.7. The second-order valence-corrected chi connectivity index (χ2v) is 8.49. The number of imide groups is 1. The number of benzene rings is 2. The monoisotopic (exact) mass is 523 g/mol. The second kappa shape index (κ2) is 9.99. The molecule has 0 spiro atoms. The highest BCUT2D eigenvalue weighted by molar-refractivity contribution is 9.10. The zero-order valence-corrected chi connectivity index (χ0v) is 18.9. The molecule has 2 aromatic carbocycles. The van der Waals surface area contributed by atoms with Crippen LogP contribution in [0.15, 0.2) is 51.8 Å². The van der Waals surface area contributed by atoms with Crippen molar-refractivity contribution in [3.8, 4) is 5.75 Å². The van der Waals surface area contributed by atoms with Gasteiger partial charge in [0, 0.05) is 15.7 Å². The number of carbonyl (C=O) groups is 4. The summed E-state index contributed by atoms with van der Waals surface area (Å²) >= 11 is 9.96. The van der Waals surface area contributed by atoms with E-state index in [9.17, 15) is 19.2 Å². The van der Waals surface area contributed by atoms with Gasteiger partial charge in [-0.15, -0.1) is 0 Å². The van der Waals surface area contributed by atoms with Crippen LogP contribution in [0.2, 0.25) is 5.02 Å². The van der Waals surface area contributed by atoms with Gasteiger partial charge in [0.2, 0.25) is 5.91 Å². The normalized spacial score (nSPS) is 14.8. The summed E-state index contributed by atoms with van der Waals surface area (Å²) in [4.78, 5) is 49.2. The number of amides is 4. The summed E-state index contributed by atoms with van der Waals surface area (Å²) in [6, 6.07) is 11.5. The van der Waals surface area contributed by atoms with Crippen molar-refractivity contribution in [1.82, 2.24) is 4.90 Å². The molecular weight excluding hydrogens is 510 g/mol. The Kier molecular flexibility index (Phi) is 7.37. The lowest BCUT2D eigenvalue weighted by Gasteiger charge is -2.13. The number of anilines is 1. The predicted octanol–water partition coefficient (Wildman–Crippen LogP) is 3.64. The largest absolute Gasteiger partial charge is 0.483 e. The average Bonchev–Trinajstić information content (AvgIpc) is 2.97. The molecule has 8 nitrogen and oxygen atoms in total. The number of hydrogen-bond acceptors (Lipinski definition) is 6. The fourth-order valence-corrected chi connectivity index (χ4v) is 3.83. The van der Waals surface area contributed by atoms with Gasteiger partial charge in [0.25, 0.3) is 17.1 Å². The summed E-state index contributed by atoms with van der Waals surface area (Å²) in [7, 11) is 0. The minimum Gasteiger partial charge on any atom is -0.483 e. The Morgan fingerprint density at radius 1 is 1.23 bits per heavy atom. The van der Waals surface area contributed by atoms with Crippen molar-refractivity contribution in [2.45, 2.75) is 0 Å². The van der Waals surface area contributed by atoms with Crippen LogP contribution < -0.4 is 15.8 Å². The third kappa shape index (κ3) is 5.87. The van der Waals surface area contributed by atoms with Crippen LogP contribution in [-0.2, 0) is 14.4 Å². The quantitative estimate of drug-likeness (QED) is 0.534. The Labute approximate surface area is 194 Å². The van der Waals surface area contributed by atoms with Crippen LogP contribution in [0.4, 0.5) is 10.5 Å².